The summed E-state index contributed by atoms with van der Waals surface area (Å²) in [5.74, 6) is -1.44. The van der Waals surface area contributed by atoms with Crippen molar-refractivity contribution in [3.63, 3.8) is 0 Å². The van der Waals surface area contributed by atoms with Crippen molar-refractivity contribution in [1.29, 1.82) is 5.26 Å². The van der Waals surface area contributed by atoms with E-state index in [0.717, 1.165) is 85.6 Å². The normalized spacial score (nSPS) is 22.7. The molecular weight excluding hydrogens is 742 g/mol. The molecule has 3 aromatic rings. The van der Waals surface area contributed by atoms with E-state index in [-0.39, 0.29) is 36.7 Å². The summed E-state index contributed by atoms with van der Waals surface area (Å²) in [5, 5.41) is 15.3. The van der Waals surface area contributed by atoms with Crippen LogP contribution in [0.3, 0.4) is 0 Å². The molecule has 57 heavy (non-hydrogen) atoms. The van der Waals surface area contributed by atoms with Crippen molar-refractivity contribution < 1.29 is 24.0 Å². The van der Waals surface area contributed by atoms with Gasteiger partial charge in [0.15, 0.2) is 0 Å². The van der Waals surface area contributed by atoms with Crippen LogP contribution in [-0.2, 0) is 22.7 Å². The molecule has 1 saturated carbocycles. The Morgan fingerprint density at radius 2 is 1.54 bits per heavy atom. The number of hydrogen-bond donors (Lipinski definition) is 2. The predicted molar refractivity (Wildman–Crippen MR) is 216 cm³/mol. The highest BCUT2D eigenvalue weighted by molar-refractivity contribution is 6.32. The van der Waals surface area contributed by atoms with Gasteiger partial charge in [0.1, 0.15) is 12.1 Å². The fraction of sp³-hybridized carbons (Fsp3) is 0.455. The summed E-state index contributed by atoms with van der Waals surface area (Å²) in [6.45, 7) is 8.54. The largest absolute Gasteiger partial charge is 0.372 e. The molecule has 2 N–H and O–H groups in total. The number of fused-ring (bicyclic) bond motifs is 2. The van der Waals surface area contributed by atoms with E-state index in [1.807, 2.05) is 36.4 Å². The molecule has 1 unspecified atom stereocenters. The van der Waals surface area contributed by atoms with Gasteiger partial charge in [-0.1, -0.05) is 11.6 Å². The highest BCUT2D eigenvalue weighted by Gasteiger charge is 2.45. The van der Waals surface area contributed by atoms with Crippen molar-refractivity contribution in [2.24, 2.45) is 5.92 Å². The van der Waals surface area contributed by atoms with Gasteiger partial charge in [0.25, 0.3) is 17.7 Å². The van der Waals surface area contributed by atoms with Gasteiger partial charge >= 0.3 is 0 Å². The number of hydrogen-bond acceptors (Lipinski definition) is 9. The lowest BCUT2D eigenvalue weighted by molar-refractivity contribution is -0.136. The first-order valence-electron chi connectivity index (χ1n) is 20.2. The Morgan fingerprint density at radius 3 is 2.12 bits per heavy atom. The Labute approximate surface area is 338 Å². The van der Waals surface area contributed by atoms with Crippen molar-refractivity contribution in [3.8, 4) is 6.07 Å². The molecule has 0 spiro atoms. The highest BCUT2D eigenvalue weighted by Crippen LogP contribution is 2.36. The predicted octanol–water partition coefficient (Wildman–Crippen LogP) is 5.80. The van der Waals surface area contributed by atoms with Gasteiger partial charge in [0.05, 0.1) is 21.7 Å². The van der Waals surface area contributed by atoms with E-state index in [9.17, 15) is 29.2 Å². The number of carbonyl (C=O) groups excluding carboxylic acids is 5. The summed E-state index contributed by atoms with van der Waals surface area (Å²) >= 11 is 6.37. The van der Waals surface area contributed by atoms with E-state index in [4.69, 9.17) is 11.6 Å². The summed E-state index contributed by atoms with van der Waals surface area (Å²) in [7, 11) is 0. The van der Waals surface area contributed by atoms with Crippen molar-refractivity contribution in [3.05, 3.63) is 93.0 Å². The van der Waals surface area contributed by atoms with Gasteiger partial charge in [-0.05, 0) is 130 Å². The maximum atomic E-state index is 13.3. The molecule has 0 aromatic heterocycles. The van der Waals surface area contributed by atoms with Gasteiger partial charge in [-0.3, -0.25) is 39.1 Å². The van der Waals surface area contributed by atoms with E-state index in [1.165, 1.54) is 0 Å². The highest BCUT2D eigenvalue weighted by atomic mass is 35.5. The number of rotatable bonds is 9. The van der Waals surface area contributed by atoms with Crippen molar-refractivity contribution in [2.75, 3.05) is 29.4 Å². The molecule has 5 amide bonds. The van der Waals surface area contributed by atoms with Crippen molar-refractivity contribution >= 4 is 52.5 Å². The van der Waals surface area contributed by atoms with E-state index >= 15 is 0 Å². The Morgan fingerprint density at radius 1 is 0.895 bits per heavy atom. The zero-order valence-corrected chi connectivity index (χ0v) is 33.2. The molecule has 2 saturated heterocycles. The number of amides is 5. The number of anilines is 2. The van der Waals surface area contributed by atoms with Crippen LogP contribution in [0, 0.1) is 17.2 Å². The summed E-state index contributed by atoms with van der Waals surface area (Å²) < 4.78 is 0. The molecule has 0 radical (unpaired) electrons. The van der Waals surface area contributed by atoms with E-state index < -0.39 is 23.8 Å². The van der Waals surface area contributed by atoms with Crippen LogP contribution < -0.4 is 20.4 Å². The number of nitriles is 1. The molecule has 13 heteroatoms. The Kier molecular flexibility index (Phi) is 10.8. The smallest absolute Gasteiger partial charge is 0.262 e. The second kappa shape index (κ2) is 15.9. The zero-order chi connectivity index (χ0) is 40.0. The minimum atomic E-state index is -0.961. The monoisotopic (exact) mass is 789 g/mol. The van der Waals surface area contributed by atoms with Gasteiger partial charge in [-0.2, -0.15) is 5.26 Å². The molecule has 296 valence electrons. The van der Waals surface area contributed by atoms with Crippen LogP contribution in [0.2, 0.25) is 5.02 Å². The topological polar surface area (TPSA) is 146 Å². The van der Waals surface area contributed by atoms with Crippen LogP contribution in [0.25, 0.3) is 0 Å². The lowest BCUT2D eigenvalue weighted by atomic mass is 9.89. The van der Waals surface area contributed by atoms with E-state index in [0.29, 0.717) is 52.3 Å². The molecular formula is C44H48ClN7O5. The lowest BCUT2D eigenvalue weighted by Gasteiger charge is -2.41. The van der Waals surface area contributed by atoms with Crippen molar-refractivity contribution in [1.82, 2.24) is 20.4 Å². The summed E-state index contributed by atoms with van der Waals surface area (Å²) in [5.41, 5.74) is 6.04. The standard InChI is InChI=1S/C44H48ClN7O5/c1-26(2)51(35-10-5-29(22-46)38(45)21-35)34-11-6-32(7-12-34)47-41(54)28-3-8-33(9-4-28)50-17-15-27(16-18-50)23-49-24-30-19-36-37(20-31(30)25-49)44(57)52(43(36)56)39-13-14-40(53)48-42(39)55/h3-5,8-10,19-21,26-27,32,34,39H,6-7,11-18,23-25H2,1-2H3,(H,47,54)(H,48,53,55). The van der Waals surface area contributed by atoms with Crippen LogP contribution >= 0.6 is 11.6 Å². The van der Waals surface area contributed by atoms with E-state index in [1.54, 1.807) is 6.07 Å². The number of halogens is 1. The molecule has 12 nitrogen and oxygen atoms in total. The molecule has 3 fully saturated rings. The molecule has 4 heterocycles. The Bertz CT molecular complexity index is 2110. The molecule has 1 atom stereocenters. The Hall–Kier alpha value is -5.25. The maximum Gasteiger partial charge on any atom is 0.262 e. The molecule has 8 rings (SSSR count). The first kappa shape index (κ1) is 38.6. The minimum Gasteiger partial charge on any atom is -0.372 e. The second-order valence-corrected chi connectivity index (χ2v) is 16.9. The first-order valence-corrected chi connectivity index (χ1v) is 20.6. The molecule has 4 aliphatic heterocycles. The molecule has 0 bridgehead atoms. The first-order chi connectivity index (χ1) is 27.5. The quantitative estimate of drug-likeness (QED) is 0.257. The fourth-order valence-corrected chi connectivity index (χ4v) is 9.80. The molecule has 5 aliphatic rings. The second-order valence-electron chi connectivity index (χ2n) is 16.5. The number of imide groups is 2. The number of benzene rings is 3. The SMILES string of the molecule is CC(C)N(c1ccc(C#N)c(Cl)c1)C1CCC(NC(=O)c2ccc(N3CCC(CN4Cc5cc6c(cc5C4)C(=O)N(C4CCC(=O)NC4=O)C6=O)CC3)cc2)CC1. The van der Waals surface area contributed by atoms with Crippen LogP contribution in [-0.4, -0.2) is 83.1 Å². The van der Waals surface area contributed by atoms with Crippen molar-refractivity contribution in [2.45, 2.75) is 102 Å². The van der Waals surface area contributed by atoms with E-state index in [2.05, 4.69) is 57.4 Å². The number of piperidine rings is 2. The minimum absolute atomic E-state index is 0.0412. The molecule has 3 aromatic carbocycles. The van der Waals surface area contributed by atoms with Crippen LogP contribution in [0.5, 0.6) is 0 Å². The zero-order valence-electron chi connectivity index (χ0n) is 32.4. The summed E-state index contributed by atoms with van der Waals surface area (Å²) in [6.07, 6.45) is 6.03. The maximum absolute atomic E-state index is 13.3. The summed E-state index contributed by atoms with van der Waals surface area (Å²) in [6, 6.07) is 19.2. The van der Waals surface area contributed by atoms with Crippen LogP contribution in [0.1, 0.15) is 113 Å². The lowest BCUT2D eigenvalue weighted by Crippen LogP contribution is -2.54. The van der Waals surface area contributed by atoms with Gasteiger partial charge < -0.3 is 15.1 Å². The fourth-order valence-electron chi connectivity index (χ4n) is 9.58. The number of carbonyl (C=O) groups is 5. The third-order valence-electron chi connectivity index (χ3n) is 12.5. The average molecular weight is 790 g/mol. The third-order valence-corrected chi connectivity index (χ3v) is 12.8. The average Bonchev–Trinajstić information content (AvgIpc) is 3.70. The van der Waals surface area contributed by atoms with Gasteiger partial charge in [-0.25, -0.2) is 0 Å². The summed E-state index contributed by atoms with van der Waals surface area (Å²) in [4.78, 5) is 72.1. The third kappa shape index (κ3) is 7.75. The Balaban J connectivity index is 0.791. The van der Waals surface area contributed by atoms with Gasteiger partial charge in [0, 0.05) is 74.2 Å². The van der Waals surface area contributed by atoms with Crippen LogP contribution in [0.15, 0.2) is 54.6 Å². The van der Waals surface area contributed by atoms with Gasteiger partial charge in [-0.15, -0.1) is 0 Å². The number of nitrogens with one attached hydrogen (secondary N) is 2. The molecule has 1 aliphatic carbocycles. The number of nitrogens with zero attached hydrogens (tertiary/aromatic N) is 5. The van der Waals surface area contributed by atoms with Gasteiger partial charge in [0.2, 0.25) is 11.8 Å². The van der Waals surface area contributed by atoms with Crippen LogP contribution in [0.4, 0.5) is 11.4 Å².